The molecule has 0 radical (unpaired) electrons. The van der Waals surface area contributed by atoms with Crippen molar-refractivity contribution >= 4 is 10.9 Å². The maximum Gasteiger partial charge on any atom is 0.156 e. The average Bonchev–Trinajstić information content (AvgIpc) is 2.75. The van der Waals surface area contributed by atoms with Gasteiger partial charge in [-0.3, -0.25) is 0 Å². The molecule has 78 valence electrons. The van der Waals surface area contributed by atoms with E-state index in [4.69, 9.17) is 0 Å². The van der Waals surface area contributed by atoms with Crippen LogP contribution in [0.2, 0.25) is 0 Å². The van der Waals surface area contributed by atoms with Crippen molar-refractivity contribution in [2.75, 3.05) is 0 Å². The zero-order valence-corrected chi connectivity index (χ0v) is 7.85. The highest BCUT2D eigenvalue weighted by Gasteiger charge is 2.46. The number of benzene rings is 1. The van der Waals surface area contributed by atoms with Gasteiger partial charge < -0.3 is 10.1 Å². The van der Waals surface area contributed by atoms with Gasteiger partial charge in [-0.05, 0) is 25.0 Å². The molecule has 1 aliphatic carbocycles. The minimum atomic E-state index is -1.28. The molecule has 4 heteroatoms. The second kappa shape index (κ2) is 2.58. The summed E-state index contributed by atoms with van der Waals surface area (Å²) in [6, 6.07) is 2.85. The van der Waals surface area contributed by atoms with E-state index < -0.39 is 17.2 Å². The summed E-state index contributed by atoms with van der Waals surface area (Å²) in [5, 5.41) is 10.2. The van der Waals surface area contributed by atoms with Gasteiger partial charge in [0.15, 0.2) is 5.82 Å². The Kier molecular flexibility index (Phi) is 1.52. The van der Waals surface area contributed by atoms with E-state index >= 15 is 0 Å². The Bertz CT molecular complexity index is 543. The van der Waals surface area contributed by atoms with Gasteiger partial charge in [-0.25, -0.2) is 8.78 Å². The molecule has 2 N–H and O–H groups in total. The van der Waals surface area contributed by atoms with Crippen LogP contribution in [0.1, 0.15) is 18.4 Å². The Morgan fingerprint density at radius 1 is 1.33 bits per heavy atom. The molecule has 15 heavy (non-hydrogen) atoms. The standard InChI is InChI=1S/C11H9F2NO/c12-7-5-6-1-4-14-10(6)9(13)8(7)11(15)2-3-11/h1,4-5,14-15H,2-3H2. The molecule has 0 saturated heterocycles. The van der Waals surface area contributed by atoms with E-state index in [0.717, 1.165) is 0 Å². The van der Waals surface area contributed by atoms with Crippen molar-refractivity contribution in [1.82, 2.24) is 4.98 Å². The smallest absolute Gasteiger partial charge is 0.156 e. The molecule has 1 fully saturated rings. The summed E-state index contributed by atoms with van der Waals surface area (Å²) in [6.45, 7) is 0. The fraction of sp³-hybridized carbons (Fsp3) is 0.273. The molecule has 1 aromatic carbocycles. The third-order valence-corrected chi connectivity index (χ3v) is 2.93. The first-order valence-electron chi connectivity index (χ1n) is 4.80. The molecule has 0 aliphatic heterocycles. The zero-order valence-electron chi connectivity index (χ0n) is 7.85. The van der Waals surface area contributed by atoms with E-state index in [1.165, 1.54) is 6.07 Å². The highest BCUT2D eigenvalue weighted by atomic mass is 19.1. The van der Waals surface area contributed by atoms with Crippen molar-refractivity contribution in [3.63, 3.8) is 0 Å². The predicted molar refractivity (Wildman–Crippen MR) is 51.3 cm³/mol. The number of fused-ring (bicyclic) bond motifs is 1. The number of hydrogen-bond donors (Lipinski definition) is 2. The molecule has 0 unspecified atom stereocenters. The van der Waals surface area contributed by atoms with Crippen molar-refractivity contribution in [3.8, 4) is 0 Å². The Hall–Kier alpha value is -1.42. The highest BCUT2D eigenvalue weighted by Crippen LogP contribution is 2.48. The van der Waals surface area contributed by atoms with Gasteiger partial charge in [-0.15, -0.1) is 0 Å². The average molecular weight is 209 g/mol. The maximum atomic E-state index is 13.9. The Balaban J connectivity index is 2.37. The van der Waals surface area contributed by atoms with Crippen LogP contribution in [0.4, 0.5) is 8.78 Å². The predicted octanol–water partition coefficient (Wildman–Crippen LogP) is 2.43. The lowest BCUT2D eigenvalue weighted by atomic mass is 10.0. The van der Waals surface area contributed by atoms with E-state index in [-0.39, 0.29) is 11.1 Å². The van der Waals surface area contributed by atoms with Gasteiger partial charge in [0.2, 0.25) is 0 Å². The Labute approximate surface area is 84.5 Å². The SMILES string of the molecule is OC1(c2c(F)cc3cc[nH]c3c2F)CC1. The lowest BCUT2D eigenvalue weighted by Crippen LogP contribution is -2.10. The first-order chi connectivity index (χ1) is 7.12. The van der Waals surface area contributed by atoms with Crippen LogP contribution in [0.25, 0.3) is 10.9 Å². The quantitative estimate of drug-likeness (QED) is 0.743. The lowest BCUT2D eigenvalue weighted by Gasteiger charge is -2.11. The number of H-pyrrole nitrogens is 1. The van der Waals surface area contributed by atoms with Crippen LogP contribution in [-0.4, -0.2) is 10.1 Å². The van der Waals surface area contributed by atoms with E-state index in [1.807, 2.05) is 0 Å². The van der Waals surface area contributed by atoms with Crippen molar-refractivity contribution < 1.29 is 13.9 Å². The number of aliphatic hydroxyl groups is 1. The Morgan fingerprint density at radius 3 is 2.73 bits per heavy atom. The Morgan fingerprint density at radius 2 is 2.07 bits per heavy atom. The van der Waals surface area contributed by atoms with Gasteiger partial charge in [-0.1, -0.05) is 0 Å². The molecule has 1 aliphatic rings. The highest BCUT2D eigenvalue weighted by molar-refractivity contribution is 5.81. The molecule has 2 nitrogen and oxygen atoms in total. The second-order valence-corrected chi connectivity index (χ2v) is 4.02. The van der Waals surface area contributed by atoms with Crippen LogP contribution in [0.15, 0.2) is 18.3 Å². The van der Waals surface area contributed by atoms with Crippen molar-refractivity contribution in [1.29, 1.82) is 0 Å². The number of rotatable bonds is 1. The molecule has 0 spiro atoms. The number of aromatic nitrogens is 1. The summed E-state index contributed by atoms with van der Waals surface area (Å²) in [5.41, 5.74) is -1.22. The van der Waals surface area contributed by atoms with Crippen LogP contribution in [-0.2, 0) is 5.60 Å². The minimum Gasteiger partial charge on any atom is -0.385 e. The van der Waals surface area contributed by atoms with Gasteiger partial charge in [0, 0.05) is 11.6 Å². The molecule has 1 heterocycles. The third-order valence-electron chi connectivity index (χ3n) is 2.93. The van der Waals surface area contributed by atoms with E-state index in [0.29, 0.717) is 18.2 Å². The molecule has 0 bridgehead atoms. The van der Waals surface area contributed by atoms with Gasteiger partial charge >= 0.3 is 0 Å². The number of nitrogens with one attached hydrogen (secondary N) is 1. The van der Waals surface area contributed by atoms with Gasteiger partial charge in [-0.2, -0.15) is 0 Å². The molecular formula is C11H9F2NO. The number of aromatic amines is 1. The first kappa shape index (κ1) is 8.85. The normalized spacial score (nSPS) is 18.3. The molecule has 0 atom stereocenters. The lowest BCUT2D eigenvalue weighted by molar-refractivity contribution is 0.142. The van der Waals surface area contributed by atoms with Gasteiger partial charge in [0.05, 0.1) is 16.7 Å². The molecule has 2 aromatic rings. The zero-order chi connectivity index (χ0) is 10.6. The van der Waals surface area contributed by atoms with Crippen LogP contribution in [0, 0.1) is 11.6 Å². The van der Waals surface area contributed by atoms with Crippen LogP contribution >= 0.6 is 0 Å². The largest absolute Gasteiger partial charge is 0.385 e. The van der Waals surface area contributed by atoms with Crippen molar-refractivity contribution in [3.05, 3.63) is 35.5 Å². The van der Waals surface area contributed by atoms with Crippen LogP contribution < -0.4 is 0 Å². The summed E-state index contributed by atoms with van der Waals surface area (Å²) in [4.78, 5) is 2.70. The van der Waals surface area contributed by atoms with Gasteiger partial charge in [0.25, 0.3) is 0 Å². The van der Waals surface area contributed by atoms with Gasteiger partial charge in [0.1, 0.15) is 5.82 Å². The fourth-order valence-corrected chi connectivity index (χ4v) is 1.93. The van der Waals surface area contributed by atoms with E-state index in [9.17, 15) is 13.9 Å². The summed E-state index contributed by atoms with van der Waals surface area (Å²) in [5.74, 6) is -1.34. The monoisotopic (exact) mass is 209 g/mol. The van der Waals surface area contributed by atoms with E-state index in [2.05, 4.69) is 4.98 Å². The van der Waals surface area contributed by atoms with Crippen molar-refractivity contribution in [2.24, 2.45) is 0 Å². The molecule has 1 saturated carbocycles. The molecule has 3 rings (SSSR count). The van der Waals surface area contributed by atoms with Crippen LogP contribution in [0.3, 0.4) is 0 Å². The molecule has 0 amide bonds. The summed E-state index contributed by atoms with van der Waals surface area (Å²) in [7, 11) is 0. The minimum absolute atomic E-state index is 0.197. The van der Waals surface area contributed by atoms with Crippen LogP contribution in [0.5, 0.6) is 0 Å². The topological polar surface area (TPSA) is 36.0 Å². The molecular weight excluding hydrogens is 200 g/mol. The maximum absolute atomic E-state index is 13.9. The molecule has 1 aromatic heterocycles. The second-order valence-electron chi connectivity index (χ2n) is 4.02. The summed E-state index contributed by atoms with van der Waals surface area (Å²) < 4.78 is 27.4. The van der Waals surface area contributed by atoms with E-state index in [1.54, 1.807) is 12.3 Å². The van der Waals surface area contributed by atoms with Crippen molar-refractivity contribution in [2.45, 2.75) is 18.4 Å². The fourth-order valence-electron chi connectivity index (χ4n) is 1.93. The third kappa shape index (κ3) is 1.11. The first-order valence-corrected chi connectivity index (χ1v) is 4.80. The number of halogens is 2. The summed E-state index contributed by atoms with van der Waals surface area (Å²) in [6.07, 6.45) is 2.40. The summed E-state index contributed by atoms with van der Waals surface area (Å²) >= 11 is 0. The number of hydrogen-bond acceptors (Lipinski definition) is 1.